The largest absolute Gasteiger partial charge is 0.351 e. The number of rotatable bonds is 6. The van der Waals surface area contributed by atoms with E-state index in [4.69, 9.17) is 11.6 Å². The highest BCUT2D eigenvalue weighted by atomic mass is 35.5. The number of benzene rings is 1. The van der Waals surface area contributed by atoms with Crippen molar-refractivity contribution in [2.75, 3.05) is 13.1 Å². The summed E-state index contributed by atoms with van der Waals surface area (Å²) >= 11 is 5.85. The molecular formula is C18H27Cl2N3O2. The Morgan fingerprint density at radius 3 is 2.40 bits per heavy atom. The Morgan fingerprint density at radius 2 is 1.84 bits per heavy atom. The summed E-state index contributed by atoms with van der Waals surface area (Å²) in [7, 11) is 0. The molecule has 0 saturated carbocycles. The monoisotopic (exact) mass is 387 g/mol. The van der Waals surface area contributed by atoms with Crippen LogP contribution in [-0.2, 0) is 4.79 Å². The Morgan fingerprint density at radius 1 is 1.24 bits per heavy atom. The van der Waals surface area contributed by atoms with E-state index < -0.39 is 6.04 Å². The van der Waals surface area contributed by atoms with E-state index in [1.165, 1.54) is 0 Å². The third-order valence-corrected chi connectivity index (χ3v) is 4.83. The van der Waals surface area contributed by atoms with Crippen molar-refractivity contribution in [2.24, 2.45) is 5.92 Å². The van der Waals surface area contributed by atoms with Gasteiger partial charge in [-0.3, -0.25) is 9.59 Å². The number of halogens is 2. The number of nitrogens with one attached hydrogen (secondary N) is 3. The fraction of sp³-hybridized carbons (Fsp3) is 0.556. The molecule has 1 aliphatic rings. The molecule has 1 aromatic rings. The van der Waals surface area contributed by atoms with Crippen LogP contribution in [0.4, 0.5) is 0 Å². The summed E-state index contributed by atoms with van der Waals surface area (Å²) in [6.45, 7) is 5.82. The Labute approximate surface area is 160 Å². The van der Waals surface area contributed by atoms with Gasteiger partial charge in [-0.15, -0.1) is 12.4 Å². The molecule has 1 aromatic carbocycles. The summed E-state index contributed by atoms with van der Waals surface area (Å²) in [5.74, 6) is -0.293. The maximum Gasteiger partial charge on any atom is 0.251 e. The molecule has 2 rings (SSSR count). The number of carbonyl (C=O) groups is 2. The molecule has 2 atom stereocenters. The molecule has 7 heteroatoms. The molecule has 3 N–H and O–H groups in total. The first-order valence-corrected chi connectivity index (χ1v) is 8.96. The highest BCUT2D eigenvalue weighted by Crippen LogP contribution is 2.13. The number of carbonyl (C=O) groups excluding carboxylic acids is 2. The summed E-state index contributed by atoms with van der Waals surface area (Å²) < 4.78 is 0. The quantitative estimate of drug-likeness (QED) is 0.702. The van der Waals surface area contributed by atoms with Gasteiger partial charge in [0.1, 0.15) is 6.04 Å². The van der Waals surface area contributed by atoms with E-state index in [0.717, 1.165) is 32.4 Å². The summed E-state index contributed by atoms with van der Waals surface area (Å²) in [6.07, 6.45) is 2.65. The minimum atomic E-state index is -0.534. The number of piperidine rings is 1. The molecule has 2 amide bonds. The van der Waals surface area contributed by atoms with Crippen LogP contribution < -0.4 is 16.0 Å². The zero-order valence-corrected chi connectivity index (χ0v) is 16.3. The van der Waals surface area contributed by atoms with Crippen LogP contribution in [0.3, 0.4) is 0 Å². The molecule has 25 heavy (non-hydrogen) atoms. The normalized spacial score (nSPS) is 17.1. The molecule has 0 spiro atoms. The van der Waals surface area contributed by atoms with Crippen molar-refractivity contribution in [1.29, 1.82) is 0 Å². The van der Waals surface area contributed by atoms with Crippen LogP contribution in [0.2, 0.25) is 5.02 Å². The first-order chi connectivity index (χ1) is 11.5. The molecule has 2 unspecified atom stereocenters. The van der Waals surface area contributed by atoms with Crippen molar-refractivity contribution in [3.05, 3.63) is 34.9 Å². The van der Waals surface area contributed by atoms with Crippen LogP contribution in [-0.4, -0.2) is 37.0 Å². The summed E-state index contributed by atoms with van der Waals surface area (Å²) in [5, 5.41) is 9.82. The second-order valence-corrected chi connectivity index (χ2v) is 6.81. The average molecular weight is 388 g/mol. The van der Waals surface area contributed by atoms with Crippen molar-refractivity contribution in [1.82, 2.24) is 16.0 Å². The van der Waals surface area contributed by atoms with Gasteiger partial charge in [0.2, 0.25) is 5.91 Å². The van der Waals surface area contributed by atoms with E-state index in [-0.39, 0.29) is 36.2 Å². The SMILES string of the molecule is CCC(C)C(NC(=O)c1ccc(Cl)cc1)C(=O)NC1CCNCC1.Cl. The maximum atomic E-state index is 12.7. The van der Waals surface area contributed by atoms with Crippen molar-refractivity contribution in [2.45, 2.75) is 45.2 Å². The highest BCUT2D eigenvalue weighted by Gasteiger charge is 2.28. The molecule has 0 aliphatic carbocycles. The molecule has 0 radical (unpaired) electrons. The molecule has 0 aromatic heterocycles. The summed E-state index contributed by atoms with van der Waals surface area (Å²) in [5.41, 5.74) is 0.502. The van der Waals surface area contributed by atoms with E-state index in [2.05, 4.69) is 16.0 Å². The van der Waals surface area contributed by atoms with Gasteiger partial charge in [-0.1, -0.05) is 31.9 Å². The first kappa shape index (κ1) is 21.7. The molecule has 0 bridgehead atoms. The van der Waals surface area contributed by atoms with Crippen LogP contribution in [0, 0.1) is 5.92 Å². The molecule has 1 saturated heterocycles. The Kier molecular flexibility index (Phi) is 9.25. The molecule has 1 aliphatic heterocycles. The highest BCUT2D eigenvalue weighted by molar-refractivity contribution is 6.30. The lowest BCUT2D eigenvalue weighted by Crippen LogP contribution is -2.54. The van der Waals surface area contributed by atoms with Gasteiger partial charge in [0.25, 0.3) is 5.91 Å². The van der Waals surface area contributed by atoms with Gasteiger partial charge in [-0.25, -0.2) is 0 Å². The standard InChI is InChI=1S/C18H26ClN3O2.ClH/c1-3-12(2)16(18(24)21-15-8-10-20-11-9-15)22-17(23)13-4-6-14(19)7-5-13;/h4-7,12,15-16,20H,3,8-11H2,1-2H3,(H,21,24)(H,22,23);1H. The van der Waals surface area contributed by atoms with E-state index in [1.807, 2.05) is 13.8 Å². The van der Waals surface area contributed by atoms with Gasteiger partial charge < -0.3 is 16.0 Å². The summed E-state index contributed by atoms with van der Waals surface area (Å²) in [6, 6.07) is 6.31. The Bertz CT molecular complexity index is 560. The molecule has 5 nitrogen and oxygen atoms in total. The van der Waals surface area contributed by atoms with Gasteiger partial charge in [0.05, 0.1) is 0 Å². The van der Waals surface area contributed by atoms with Gasteiger partial charge in [0.15, 0.2) is 0 Å². The second kappa shape index (κ2) is 10.6. The van der Waals surface area contributed by atoms with Gasteiger partial charge in [0, 0.05) is 16.6 Å². The lowest BCUT2D eigenvalue weighted by Gasteiger charge is -2.28. The lowest BCUT2D eigenvalue weighted by molar-refractivity contribution is -0.125. The predicted octanol–water partition coefficient (Wildman–Crippen LogP) is 2.77. The van der Waals surface area contributed by atoms with Crippen LogP contribution >= 0.6 is 24.0 Å². The molecule has 1 fully saturated rings. The van der Waals surface area contributed by atoms with E-state index >= 15 is 0 Å². The van der Waals surface area contributed by atoms with E-state index in [0.29, 0.717) is 10.6 Å². The number of hydrogen-bond acceptors (Lipinski definition) is 3. The van der Waals surface area contributed by atoms with Crippen molar-refractivity contribution >= 4 is 35.8 Å². The first-order valence-electron chi connectivity index (χ1n) is 8.58. The molecule has 1 heterocycles. The van der Waals surface area contributed by atoms with Crippen LogP contribution in [0.1, 0.15) is 43.5 Å². The average Bonchev–Trinajstić information content (AvgIpc) is 2.60. The Balaban J connectivity index is 0.00000312. The zero-order chi connectivity index (χ0) is 17.5. The fourth-order valence-electron chi connectivity index (χ4n) is 2.78. The topological polar surface area (TPSA) is 70.2 Å². The lowest BCUT2D eigenvalue weighted by atomic mass is 9.96. The second-order valence-electron chi connectivity index (χ2n) is 6.38. The van der Waals surface area contributed by atoms with E-state index in [9.17, 15) is 9.59 Å². The number of hydrogen-bond donors (Lipinski definition) is 3. The van der Waals surface area contributed by atoms with Crippen LogP contribution in [0.25, 0.3) is 0 Å². The van der Waals surface area contributed by atoms with Crippen LogP contribution in [0.5, 0.6) is 0 Å². The number of amides is 2. The zero-order valence-electron chi connectivity index (χ0n) is 14.7. The third-order valence-electron chi connectivity index (χ3n) is 4.57. The van der Waals surface area contributed by atoms with Gasteiger partial charge in [-0.2, -0.15) is 0 Å². The molecule has 140 valence electrons. The van der Waals surface area contributed by atoms with Crippen LogP contribution in [0.15, 0.2) is 24.3 Å². The van der Waals surface area contributed by atoms with Crippen molar-refractivity contribution in [3.8, 4) is 0 Å². The van der Waals surface area contributed by atoms with Crippen molar-refractivity contribution < 1.29 is 9.59 Å². The summed E-state index contributed by atoms with van der Waals surface area (Å²) in [4.78, 5) is 25.1. The maximum absolute atomic E-state index is 12.7. The molecular weight excluding hydrogens is 361 g/mol. The van der Waals surface area contributed by atoms with Crippen molar-refractivity contribution in [3.63, 3.8) is 0 Å². The predicted molar refractivity (Wildman–Crippen MR) is 103 cm³/mol. The van der Waals surface area contributed by atoms with Gasteiger partial charge >= 0.3 is 0 Å². The Hall–Kier alpha value is -1.30. The smallest absolute Gasteiger partial charge is 0.251 e. The van der Waals surface area contributed by atoms with E-state index in [1.54, 1.807) is 24.3 Å². The van der Waals surface area contributed by atoms with Gasteiger partial charge in [-0.05, 0) is 56.1 Å². The fourth-order valence-corrected chi connectivity index (χ4v) is 2.91. The third kappa shape index (κ3) is 6.49. The minimum Gasteiger partial charge on any atom is -0.351 e. The minimum absolute atomic E-state index is 0.